The number of carboxylic acid groups (broad SMARTS) is 1. The summed E-state index contributed by atoms with van der Waals surface area (Å²) in [7, 11) is -2.97. The van der Waals surface area contributed by atoms with E-state index in [-0.39, 0.29) is 30.8 Å². The minimum absolute atomic E-state index is 0.00447. The normalized spacial score (nSPS) is 15.7. The third-order valence-corrected chi connectivity index (χ3v) is 7.57. The van der Waals surface area contributed by atoms with E-state index in [4.69, 9.17) is 14.6 Å². The number of carboxylic acids is 1. The highest BCUT2D eigenvalue weighted by molar-refractivity contribution is 7.92. The van der Waals surface area contributed by atoms with Gasteiger partial charge in [0.2, 0.25) is 0 Å². The first-order chi connectivity index (χ1) is 18.0. The molecule has 0 aliphatic carbocycles. The van der Waals surface area contributed by atoms with Crippen LogP contribution < -0.4 is 13.8 Å². The Kier molecular flexibility index (Phi) is 7.63. The molecular formula is C26H23F3N2O6S. The van der Waals surface area contributed by atoms with Crippen LogP contribution in [0.1, 0.15) is 29.7 Å². The topological polar surface area (TPSA) is 106 Å². The van der Waals surface area contributed by atoms with Crippen LogP contribution in [0.3, 0.4) is 0 Å². The maximum Gasteiger partial charge on any atom is 0.416 e. The van der Waals surface area contributed by atoms with Crippen molar-refractivity contribution in [2.24, 2.45) is 0 Å². The summed E-state index contributed by atoms with van der Waals surface area (Å²) in [5.74, 6) is -0.396. The second-order valence-corrected chi connectivity index (χ2v) is 10.2. The molecule has 2 heterocycles. The highest BCUT2D eigenvalue weighted by Crippen LogP contribution is 2.40. The van der Waals surface area contributed by atoms with Crippen molar-refractivity contribution in [2.75, 3.05) is 18.0 Å². The van der Waals surface area contributed by atoms with Crippen molar-refractivity contribution in [1.29, 1.82) is 0 Å². The van der Waals surface area contributed by atoms with Crippen molar-refractivity contribution in [1.82, 2.24) is 4.98 Å². The standard InChI is InChI=1S/C26H23F3N2O6S/c1-36-23-6-3-13-30-21(23)10-7-17-8-11-24-22(14-17)31(16-19(37-24)9-12-25(32)33)38(34,35)20-5-2-4-18(15-20)26(27,28)29/h2-8,10-11,13-15,19H,9,12,16H2,1H3,(H,32,33)/b10-7+/t19-/m0/s1. The first-order valence-corrected chi connectivity index (χ1v) is 12.8. The van der Waals surface area contributed by atoms with E-state index in [1.54, 1.807) is 36.5 Å². The number of ether oxygens (including phenoxy) is 2. The molecule has 8 nitrogen and oxygen atoms in total. The highest BCUT2D eigenvalue weighted by atomic mass is 32.2. The van der Waals surface area contributed by atoms with Crippen LogP contribution >= 0.6 is 0 Å². The molecule has 1 aromatic heterocycles. The average Bonchev–Trinajstić information content (AvgIpc) is 2.89. The van der Waals surface area contributed by atoms with Gasteiger partial charge < -0.3 is 14.6 Å². The van der Waals surface area contributed by atoms with Gasteiger partial charge in [-0.05, 0) is 60.5 Å². The third kappa shape index (κ3) is 5.91. The van der Waals surface area contributed by atoms with Crippen molar-refractivity contribution in [3.63, 3.8) is 0 Å². The summed E-state index contributed by atoms with van der Waals surface area (Å²) in [5.41, 5.74) is 0.110. The van der Waals surface area contributed by atoms with Gasteiger partial charge in [-0.3, -0.25) is 14.1 Å². The molecule has 0 bridgehead atoms. The number of alkyl halides is 3. The molecule has 4 rings (SSSR count). The van der Waals surface area contributed by atoms with Crippen molar-refractivity contribution >= 4 is 33.8 Å². The number of halogens is 3. The molecule has 3 aromatic rings. The molecule has 0 saturated heterocycles. The van der Waals surface area contributed by atoms with Gasteiger partial charge in [-0.2, -0.15) is 13.2 Å². The van der Waals surface area contributed by atoms with E-state index in [1.807, 2.05) is 0 Å². The quantitative estimate of drug-likeness (QED) is 0.418. The van der Waals surface area contributed by atoms with Crippen molar-refractivity contribution in [3.8, 4) is 11.5 Å². The number of rotatable bonds is 8. The monoisotopic (exact) mass is 548 g/mol. The summed E-state index contributed by atoms with van der Waals surface area (Å²) in [6.45, 7) is -0.278. The van der Waals surface area contributed by atoms with Gasteiger partial charge in [0, 0.05) is 12.6 Å². The number of sulfonamides is 1. The molecule has 12 heteroatoms. The van der Waals surface area contributed by atoms with Crippen LogP contribution in [0.2, 0.25) is 0 Å². The maximum absolute atomic E-state index is 13.6. The number of aliphatic carboxylic acids is 1. The van der Waals surface area contributed by atoms with Gasteiger partial charge in [-0.1, -0.05) is 18.2 Å². The molecule has 1 aliphatic heterocycles. The van der Waals surface area contributed by atoms with E-state index >= 15 is 0 Å². The highest BCUT2D eigenvalue weighted by Gasteiger charge is 2.37. The summed E-state index contributed by atoms with van der Waals surface area (Å²) in [6, 6.07) is 11.6. The zero-order chi connectivity index (χ0) is 27.5. The summed E-state index contributed by atoms with van der Waals surface area (Å²) in [6.07, 6.45) is -0.887. The lowest BCUT2D eigenvalue weighted by atomic mass is 10.1. The first-order valence-electron chi connectivity index (χ1n) is 11.4. The summed E-state index contributed by atoms with van der Waals surface area (Å²) >= 11 is 0. The smallest absolute Gasteiger partial charge is 0.416 e. The predicted molar refractivity (Wildman–Crippen MR) is 133 cm³/mol. The molecule has 0 amide bonds. The number of nitrogens with zero attached hydrogens (tertiary/aromatic N) is 2. The van der Waals surface area contributed by atoms with Crippen molar-refractivity contribution in [3.05, 3.63) is 77.6 Å². The number of aromatic nitrogens is 1. The van der Waals surface area contributed by atoms with E-state index < -0.39 is 38.7 Å². The zero-order valence-electron chi connectivity index (χ0n) is 20.1. The van der Waals surface area contributed by atoms with E-state index in [2.05, 4.69) is 4.98 Å². The lowest BCUT2D eigenvalue weighted by Gasteiger charge is -2.35. The van der Waals surface area contributed by atoms with Crippen LogP contribution in [0, 0.1) is 0 Å². The van der Waals surface area contributed by atoms with Gasteiger partial charge in [0.15, 0.2) is 0 Å². The SMILES string of the molecule is COc1cccnc1/C=C/c1ccc2c(c1)N(S(=O)(=O)c1cccc(C(F)(F)F)c1)C[C@H](CCC(=O)O)O2. The van der Waals surface area contributed by atoms with E-state index in [0.29, 0.717) is 23.1 Å². The molecule has 0 fully saturated rings. The van der Waals surface area contributed by atoms with Gasteiger partial charge in [0.25, 0.3) is 10.0 Å². The van der Waals surface area contributed by atoms with Gasteiger partial charge >= 0.3 is 12.1 Å². The van der Waals surface area contributed by atoms with Gasteiger partial charge in [-0.15, -0.1) is 0 Å². The number of pyridine rings is 1. The van der Waals surface area contributed by atoms with Gasteiger partial charge in [0.1, 0.15) is 23.3 Å². The largest absolute Gasteiger partial charge is 0.494 e. The first kappa shape index (κ1) is 27.0. The lowest BCUT2D eigenvalue weighted by Crippen LogP contribution is -2.43. The summed E-state index contributed by atoms with van der Waals surface area (Å²) in [5, 5.41) is 9.06. The number of hydrogen-bond donors (Lipinski definition) is 1. The van der Waals surface area contributed by atoms with E-state index in [9.17, 15) is 26.4 Å². The summed E-state index contributed by atoms with van der Waals surface area (Å²) < 4.78 is 79.3. The van der Waals surface area contributed by atoms with Crippen molar-refractivity contribution < 1.29 is 41.0 Å². The predicted octanol–water partition coefficient (Wildman–Crippen LogP) is 5.10. The van der Waals surface area contributed by atoms with Crippen LogP contribution in [0.4, 0.5) is 18.9 Å². The van der Waals surface area contributed by atoms with Crippen LogP contribution in [0.15, 0.2) is 65.7 Å². The molecule has 1 atom stereocenters. The molecule has 1 N–H and O–H groups in total. The molecule has 0 radical (unpaired) electrons. The molecule has 2 aromatic carbocycles. The second kappa shape index (κ2) is 10.7. The Hall–Kier alpha value is -4.06. The van der Waals surface area contributed by atoms with Gasteiger partial charge in [-0.25, -0.2) is 8.42 Å². The number of methoxy groups -OCH3 is 1. The van der Waals surface area contributed by atoms with Crippen LogP contribution in [-0.2, 0) is 21.0 Å². The Morgan fingerprint density at radius 3 is 2.68 bits per heavy atom. The number of fused-ring (bicyclic) bond motifs is 1. The molecule has 200 valence electrons. The zero-order valence-corrected chi connectivity index (χ0v) is 20.9. The van der Waals surface area contributed by atoms with Crippen LogP contribution in [0.25, 0.3) is 12.2 Å². The minimum Gasteiger partial charge on any atom is -0.494 e. The van der Waals surface area contributed by atoms with E-state index in [1.165, 1.54) is 19.2 Å². The van der Waals surface area contributed by atoms with Crippen molar-refractivity contribution in [2.45, 2.75) is 30.0 Å². The Bertz CT molecular complexity index is 1470. The fourth-order valence-corrected chi connectivity index (χ4v) is 5.48. The van der Waals surface area contributed by atoms with Crippen LogP contribution in [0.5, 0.6) is 11.5 Å². The number of carbonyl (C=O) groups is 1. The second-order valence-electron chi connectivity index (χ2n) is 8.39. The Morgan fingerprint density at radius 1 is 1.18 bits per heavy atom. The van der Waals surface area contributed by atoms with Gasteiger partial charge in [0.05, 0.1) is 29.8 Å². The summed E-state index contributed by atoms with van der Waals surface area (Å²) in [4.78, 5) is 14.8. The maximum atomic E-state index is 13.6. The average molecular weight is 549 g/mol. The molecule has 0 unspecified atom stereocenters. The van der Waals surface area contributed by atoms with Crippen LogP contribution in [-0.4, -0.2) is 44.2 Å². The third-order valence-electron chi connectivity index (χ3n) is 5.80. The molecule has 1 aliphatic rings. The fourth-order valence-electron chi connectivity index (χ4n) is 3.93. The molecule has 0 saturated carbocycles. The number of hydrogen-bond acceptors (Lipinski definition) is 6. The van der Waals surface area contributed by atoms with E-state index in [0.717, 1.165) is 22.5 Å². The Balaban J connectivity index is 1.75. The minimum atomic E-state index is -4.73. The Labute approximate surface area is 217 Å². The number of benzene rings is 2. The fraction of sp³-hybridized carbons (Fsp3) is 0.231. The molecular weight excluding hydrogens is 525 g/mol. The molecule has 38 heavy (non-hydrogen) atoms. The Morgan fingerprint density at radius 2 is 1.97 bits per heavy atom. The molecule has 0 spiro atoms. The number of anilines is 1. The lowest BCUT2D eigenvalue weighted by molar-refractivity contribution is -0.138.